The van der Waals surface area contributed by atoms with E-state index < -0.39 is 47.7 Å². The minimum Gasteiger partial charge on any atom is -0.460 e. The number of benzene rings is 1. The minimum absolute atomic E-state index is 0.128. The molecule has 0 unspecified atom stereocenters. The van der Waals surface area contributed by atoms with E-state index in [0.717, 1.165) is 18.8 Å². The van der Waals surface area contributed by atoms with Crippen molar-refractivity contribution in [1.29, 1.82) is 0 Å². The van der Waals surface area contributed by atoms with Crippen LogP contribution in [-0.4, -0.2) is 96.4 Å². The number of amides is 3. The van der Waals surface area contributed by atoms with Gasteiger partial charge in [0.2, 0.25) is 11.8 Å². The number of nitrogens with zero attached hydrogens (tertiary/aromatic N) is 3. The zero-order valence-corrected chi connectivity index (χ0v) is 27.7. The molecule has 11 nitrogen and oxygen atoms in total. The van der Waals surface area contributed by atoms with Gasteiger partial charge in [0.25, 0.3) is 5.91 Å². The summed E-state index contributed by atoms with van der Waals surface area (Å²) in [5, 5.41) is 13.1. The predicted octanol–water partition coefficient (Wildman–Crippen LogP) is 3.21. The molecule has 3 amide bonds. The van der Waals surface area contributed by atoms with Gasteiger partial charge < -0.3 is 34.6 Å². The summed E-state index contributed by atoms with van der Waals surface area (Å²) in [7, 11) is 0. The monoisotopic (exact) mass is 638 g/mol. The number of rotatable bonds is 17. The number of ether oxygens (including phenoxy) is 2. The number of anilines is 2. The highest BCUT2D eigenvalue weighted by atomic mass is 16.6. The number of esters is 1. The van der Waals surface area contributed by atoms with Crippen LogP contribution in [0.15, 0.2) is 49.6 Å². The van der Waals surface area contributed by atoms with Gasteiger partial charge in [-0.1, -0.05) is 19.1 Å². The van der Waals surface area contributed by atoms with Crippen LogP contribution in [0.25, 0.3) is 0 Å². The molecule has 2 bridgehead atoms. The van der Waals surface area contributed by atoms with Gasteiger partial charge in [0, 0.05) is 37.4 Å². The molecule has 2 N–H and O–H groups in total. The lowest BCUT2D eigenvalue weighted by Gasteiger charge is -2.39. The van der Waals surface area contributed by atoms with Gasteiger partial charge in [-0.2, -0.15) is 0 Å². The van der Waals surface area contributed by atoms with Crippen LogP contribution in [0.4, 0.5) is 11.4 Å². The molecule has 3 heterocycles. The Bertz CT molecular complexity index is 1280. The molecule has 3 aliphatic heterocycles. The minimum atomic E-state index is -1.24. The number of allylic oxidation sites excluding steroid dienone is 1. The van der Waals surface area contributed by atoms with E-state index >= 15 is 0 Å². The Hall–Kier alpha value is -3.70. The molecule has 0 saturated carbocycles. The zero-order valence-electron chi connectivity index (χ0n) is 27.7. The maximum Gasteiger partial charge on any atom is 0.312 e. The van der Waals surface area contributed by atoms with Crippen molar-refractivity contribution >= 4 is 35.1 Å². The first-order chi connectivity index (χ1) is 22.1. The highest BCUT2D eigenvalue weighted by Crippen LogP contribution is 2.59. The average Bonchev–Trinajstić information content (AvgIpc) is 3.70. The maximum atomic E-state index is 14.7. The van der Waals surface area contributed by atoms with Crippen LogP contribution in [0.2, 0.25) is 0 Å². The third-order valence-corrected chi connectivity index (χ3v) is 9.67. The smallest absolute Gasteiger partial charge is 0.312 e. The van der Waals surface area contributed by atoms with Crippen molar-refractivity contribution in [3.63, 3.8) is 0 Å². The molecule has 0 aromatic heterocycles. The highest BCUT2D eigenvalue weighted by molar-refractivity contribution is 6.05. The second-order valence-corrected chi connectivity index (χ2v) is 12.4. The van der Waals surface area contributed by atoms with Crippen molar-refractivity contribution in [1.82, 2.24) is 10.2 Å². The molecule has 252 valence electrons. The Morgan fingerprint density at radius 2 is 1.83 bits per heavy atom. The van der Waals surface area contributed by atoms with Crippen molar-refractivity contribution in [2.75, 3.05) is 42.6 Å². The summed E-state index contributed by atoms with van der Waals surface area (Å²) in [4.78, 5) is 60.0. The second-order valence-electron chi connectivity index (χ2n) is 12.4. The van der Waals surface area contributed by atoms with Crippen LogP contribution >= 0.6 is 0 Å². The van der Waals surface area contributed by atoms with E-state index in [0.29, 0.717) is 37.8 Å². The Labute approximate surface area is 272 Å². The van der Waals surface area contributed by atoms with E-state index in [1.54, 1.807) is 24.0 Å². The topological polar surface area (TPSA) is 129 Å². The molecule has 1 aromatic carbocycles. The van der Waals surface area contributed by atoms with Crippen LogP contribution < -0.4 is 15.1 Å². The fourth-order valence-corrected chi connectivity index (χ4v) is 7.37. The summed E-state index contributed by atoms with van der Waals surface area (Å²) in [5.74, 6) is -3.32. The van der Waals surface area contributed by atoms with Crippen molar-refractivity contribution in [3.8, 4) is 0 Å². The lowest BCUT2D eigenvalue weighted by Crippen LogP contribution is -2.59. The van der Waals surface area contributed by atoms with Crippen LogP contribution in [-0.2, 0) is 28.7 Å². The Morgan fingerprint density at radius 1 is 1.15 bits per heavy atom. The number of nitrogens with one attached hydrogen (secondary N) is 1. The quantitative estimate of drug-likeness (QED) is 0.197. The van der Waals surface area contributed by atoms with Gasteiger partial charge in [-0.3, -0.25) is 19.2 Å². The molecule has 3 saturated heterocycles. The number of hydrogen-bond acceptors (Lipinski definition) is 8. The third kappa shape index (κ3) is 6.57. The van der Waals surface area contributed by atoms with Crippen molar-refractivity contribution in [2.45, 2.75) is 89.7 Å². The fraction of sp³-hybridized carbons (Fsp3) is 0.600. The highest BCUT2D eigenvalue weighted by Gasteiger charge is 2.75. The Balaban J connectivity index is 1.64. The van der Waals surface area contributed by atoms with Crippen molar-refractivity contribution in [2.24, 2.45) is 11.8 Å². The lowest BCUT2D eigenvalue weighted by molar-refractivity contribution is -0.159. The summed E-state index contributed by atoms with van der Waals surface area (Å²) in [6.45, 7) is 16.9. The molecule has 1 spiro atoms. The van der Waals surface area contributed by atoms with E-state index in [1.165, 1.54) is 4.90 Å². The Kier molecular flexibility index (Phi) is 11.7. The number of aliphatic hydroxyl groups excluding tert-OH is 1. The Morgan fingerprint density at radius 3 is 2.41 bits per heavy atom. The summed E-state index contributed by atoms with van der Waals surface area (Å²) in [5.41, 5.74) is 0.443. The predicted molar refractivity (Wildman–Crippen MR) is 176 cm³/mol. The molecule has 3 fully saturated rings. The molecule has 7 atom stereocenters. The van der Waals surface area contributed by atoms with E-state index in [4.69, 9.17) is 9.47 Å². The van der Waals surface area contributed by atoms with Crippen molar-refractivity contribution in [3.05, 3.63) is 49.6 Å². The summed E-state index contributed by atoms with van der Waals surface area (Å²) in [6.07, 6.45) is 4.24. The van der Waals surface area contributed by atoms with Gasteiger partial charge in [0.05, 0.1) is 37.1 Å². The van der Waals surface area contributed by atoms with Crippen LogP contribution in [0, 0.1) is 11.8 Å². The largest absolute Gasteiger partial charge is 0.460 e. The first-order valence-corrected chi connectivity index (χ1v) is 16.6. The number of carbonyl (C=O) groups is 4. The molecule has 0 radical (unpaired) electrons. The van der Waals surface area contributed by atoms with E-state index in [2.05, 4.69) is 37.2 Å². The van der Waals surface area contributed by atoms with Gasteiger partial charge in [0.1, 0.15) is 17.7 Å². The molecule has 3 aliphatic rings. The molecule has 4 rings (SSSR count). The molecule has 46 heavy (non-hydrogen) atoms. The van der Waals surface area contributed by atoms with E-state index in [-0.39, 0.29) is 37.4 Å². The molecular formula is C35H50N4O7. The van der Waals surface area contributed by atoms with Crippen LogP contribution in [0.5, 0.6) is 0 Å². The molecular weight excluding hydrogens is 588 g/mol. The first kappa shape index (κ1) is 35.2. The van der Waals surface area contributed by atoms with Gasteiger partial charge in [-0.25, -0.2) is 0 Å². The SMILES string of the molecule is C=CCCC(=O)NC[C@H](C)OC(=O)[C@@H]1[C@H]2C(=O)N([C@@H](CC)CO)[C@H](C(=O)N(CC=C)c3ccc(N(CC)CC)cc3)[C@]23CC[C@H]1O3. The number of likely N-dealkylation sites (tertiary alicyclic amines) is 1. The fourth-order valence-electron chi connectivity index (χ4n) is 7.37. The number of hydrogen-bond donors (Lipinski definition) is 2. The van der Waals surface area contributed by atoms with Gasteiger partial charge in [0.15, 0.2) is 0 Å². The van der Waals surface area contributed by atoms with Gasteiger partial charge in [-0.05, 0) is 70.7 Å². The van der Waals surface area contributed by atoms with Crippen LogP contribution in [0.1, 0.15) is 59.8 Å². The van der Waals surface area contributed by atoms with E-state index in [9.17, 15) is 24.3 Å². The van der Waals surface area contributed by atoms with Gasteiger partial charge >= 0.3 is 5.97 Å². The van der Waals surface area contributed by atoms with Crippen molar-refractivity contribution < 1.29 is 33.8 Å². The van der Waals surface area contributed by atoms with Crippen LogP contribution in [0.3, 0.4) is 0 Å². The average molecular weight is 639 g/mol. The zero-order chi connectivity index (χ0) is 33.6. The third-order valence-electron chi connectivity index (χ3n) is 9.67. The summed E-state index contributed by atoms with van der Waals surface area (Å²) >= 11 is 0. The summed E-state index contributed by atoms with van der Waals surface area (Å²) < 4.78 is 12.3. The standard InChI is InChI=1S/C35H50N4O7/c1-7-12-13-28(41)36-21-23(6)45-34(44)29-27-18-19-35(46-27)30(29)32(42)39(24(9-3)22-40)31(35)33(43)38(20-8-2)26-16-14-25(15-17-26)37(10-4)11-5/h7-8,14-17,23-24,27,29-31,40H,1-2,9-13,18-22H2,3-6H3,(H,36,41)/t23-,24-,27+,29-,30-,31+,35-/m0/s1. The number of carbonyl (C=O) groups excluding carboxylic acids is 4. The molecule has 1 aromatic rings. The normalized spacial score (nSPS) is 25.8. The maximum absolute atomic E-state index is 14.7. The summed E-state index contributed by atoms with van der Waals surface area (Å²) in [6, 6.07) is 6.04. The number of fused-ring (bicyclic) bond motifs is 1. The molecule has 0 aliphatic carbocycles. The lowest BCUT2D eigenvalue weighted by atomic mass is 9.70. The van der Waals surface area contributed by atoms with Gasteiger partial charge in [-0.15, -0.1) is 13.2 Å². The molecule has 11 heteroatoms. The van der Waals surface area contributed by atoms with E-state index in [1.807, 2.05) is 31.2 Å². The number of aliphatic hydroxyl groups is 1. The second kappa shape index (κ2) is 15.3. The first-order valence-electron chi connectivity index (χ1n) is 16.6.